The highest BCUT2D eigenvalue weighted by molar-refractivity contribution is 6.04. The number of nitrogens with two attached hydrogens (primary N) is 2. The Morgan fingerprint density at radius 1 is 0.577 bits per heavy atom. The van der Waals surface area contributed by atoms with Gasteiger partial charge in [-0.25, -0.2) is 45.9 Å². The first-order valence-electron chi connectivity index (χ1n) is 22.5. The normalized spacial score (nSPS) is 19.7. The number of carbonyl (C=O) groups excluding carboxylic acids is 3. The van der Waals surface area contributed by atoms with Crippen LogP contribution in [0.15, 0.2) is 85.5 Å². The van der Waals surface area contributed by atoms with Gasteiger partial charge in [0.1, 0.15) is 57.7 Å². The van der Waals surface area contributed by atoms with Crippen LogP contribution in [0, 0.1) is 46.7 Å². The number of methoxy groups -OCH3 is 1. The van der Waals surface area contributed by atoms with Gasteiger partial charge in [0, 0.05) is 24.5 Å². The van der Waals surface area contributed by atoms with Crippen LogP contribution >= 0.6 is 0 Å². The lowest BCUT2D eigenvalue weighted by Crippen LogP contribution is -2.31. The molecule has 2 aliphatic carbocycles. The third-order valence-corrected chi connectivity index (χ3v) is 12.4. The van der Waals surface area contributed by atoms with Gasteiger partial charge in [-0.1, -0.05) is 13.8 Å². The van der Waals surface area contributed by atoms with Crippen LogP contribution in [0.2, 0.25) is 0 Å². The molecular formula is C51H48F6N8O6. The third kappa shape index (κ3) is 11.9. The van der Waals surface area contributed by atoms with E-state index in [0.29, 0.717) is 35.3 Å². The highest BCUT2D eigenvalue weighted by Crippen LogP contribution is 2.40. The van der Waals surface area contributed by atoms with Gasteiger partial charge < -0.3 is 31.9 Å². The average Bonchev–Trinajstić information content (AvgIpc) is 3.31. The summed E-state index contributed by atoms with van der Waals surface area (Å²) in [6, 6.07) is 10.2. The lowest BCUT2D eigenvalue weighted by Gasteiger charge is -2.32. The van der Waals surface area contributed by atoms with Gasteiger partial charge in [-0.05, 0) is 134 Å². The van der Waals surface area contributed by atoms with Crippen LogP contribution in [0.25, 0.3) is 22.5 Å². The molecule has 0 aliphatic heterocycles. The van der Waals surface area contributed by atoms with Crippen LogP contribution in [0.4, 0.5) is 37.7 Å². The Balaban J connectivity index is 0.000000209. The van der Waals surface area contributed by atoms with Crippen molar-refractivity contribution in [3.63, 3.8) is 0 Å². The summed E-state index contributed by atoms with van der Waals surface area (Å²) in [5.74, 6) is -10.1. The van der Waals surface area contributed by atoms with E-state index in [1.807, 2.05) is 12.1 Å². The smallest absolute Gasteiger partial charge is 0.338 e. The number of anilines is 2. The number of nitrogens with one attached hydrogen (secondary N) is 2. The summed E-state index contributed by atoms with van der Waals surface area (Å²) in [4.78, 5) is 64.6. The van der Waals surface area contributed by atoms with Gasteiger partial charge in [0.05, 0.1) is 53.1 Å². The number of amides is 2. The molecule has 8 rings (SSSR count). The maximum absolute atomic E-state index is 14.7. The summed E-state index contributed by atoms with van der Waals surface area (Å²) in [6.07, 6.45) is 11.4. The summed E-state index contributed by atoms with van der Waals surface area (Å²) in [6.45, 7) is 4.25. The summed E-state index contributed by atoms with van der Waals surface area (Å²) < 4.78 is 91.9. The summed E-state index contributed by atoms with van der Waals surface area (Å²) in [7, 11) is 1.06. The maximum Gasteiger partial charge on any atom is 0.338 e. The molecule has 2 saturated carbocycles. The van der Waals surface area contributed by atoms with Crippen molar-refractivity contribution >= 4 is 35.1 Å². The predicted molar refractivity (Wildman–Crippen MR) is 249 cm³/mol. The summed E-state index contributed by atoms with van der Waals surface area (Å²) in [5.41, 5.74) is 10.3. The number of carboxylic acid groups (broad SMARTS) is 1. The zero-order valence-corrected chi connectivity index (χ0v) is 38.5. The van der Waals surface area contributed by atoms with Crippen molar-refractivity contribution in [1.29, 1.82) is 0 Å². The van der Waals surface area contributed by atoms with Gasteiger partial charge >= 0.3 is 11.9 Å². The van der Waals surface area contributed by atoms with Gasteiger partial charge in [0.25, 0.3) is 11.8 Å². The Bertz CT molecular complexity index is 2950. The number of rotatable bonds is 10. The van der Waals surface area contributed by atoms with Crippen LogP contribution in [0.1, 0.15) is 117 Å². The molecule has 0 unspecified atom stereocenters. The molecule has 20 heteroatoms. The molecule has 6 atom stereocenters. The van der Waals surface area contributed by atoms with Crippen LogP contribution in [-0.4, -0.2) is 68.0 Å². The number of hydrogen-bond acceptors (Lipinski definition) is 11. The molecule has 0 saturated heterocycles. The fourth-order valence-electron chi connectivity index (χ4n) is 9.37. The highest BCUT2D eigenvalue weighted by Gasteiger charge is 2.30. The number of nitrogens with zero attached hydrogens (tertiary/aromatic N) is 4. The molecule has 7 N–H and O–H groups in total. The fraction of sp³-hybridized carbons (Fsp3) is 0.294. The highest BCUT2D eigenvalue weighted by atomic mass is 19.2. The van der Waals surface area contributed by atoms with Gasteiger partial charge in [-0.3, -0.25) is 19.6 Å². The molecule has 0 spiro atoms. The van der Waals surface area contributed by atoms with E-state index in [0.717, 1.165) is 93.2 Å². The molecule has 2 aromatic carbocycles. The van der Waals surface area contributed by atoms with Crippen LogP contribution in [0.5, 0.6) is 0 Å². The predicted octanol–water partition coefficient (Wildman–Crippen LogP) is 9.57. The number of hydrogen-bond donors (Lipinski definition) is 5. The van der Waals surface area contributed by atoms with Crippen molar-refractivity contribution < 1.29 is 55.4 Å². The number of halogens is 6. The van der Waals surface area contributed by atoms with Crippen molar-refractivity contribution in [3.05, 3.63) is 154 Å². The van der Waals surface area contributed by atoms with Gasteiger partial charge in [-0.15, -0.1) is 0 Å². The fourth-order valence-corrected chi connectivity index (χ4v) is 9.37. The molecule has 2 fully saturated rings. The molecule has 0 radical (unpaired) electrons. The summed E-state index contributed by atoms with van der Waals surface area (Å²) >= 11 is 0. The second kappa shape index (κ2) is 22.0. The van der Waals surface area contributed by atoms with Gasteiger partial charge in [0.15, 0.2) is 0 Å². The van der Waals surface area contributed by atoms with Crippen molar-refractivity contribution in [2.24, 2.45) is 23.3 Å². The lowest BCUT2D eigenvalue weighted by molar-refractivity contribution is 0.0598. The van der Waals surface area contributed by atoms with E-state index in [1.54, 1.807) is 12.4 Å². The third-order valence-electron chi connectivity index (χ3n) is 12.4. The number of ether oxygens (including phenoxy) is 1. The van der Waals surface area contributed by atoms with E-state index in [-0.39, 0.29) is 40.9 Å². The molecule has 4 aromatic heterocycles. The van der Waals surface area contributed by atoms with E-state index in [1.165, 1.54) is 12.4 Å². The standard InChI is InChI=1S/C26H25F3N4O3.C25H23F3N4O3/c1-13-7-14(9-16(30)8-13)17-5-6-31-12-22(17)33-25(34)21-4-3-18(27)24(32-21)23-19(28)10-15(11-20(23)29)26(35)36-2;1-12-6-13(8-15(29)7-12)16-4-5-30-11-21(16)32-24(33)20-3-2-17(26)23(31-20)22-18(27)9-14(25(34)35)10-19(22)28/h3-6,10-14,16H,7-9,30H2,1-2H3,(H,33,34);2-5,9-13,15H,6-8,29H2,1H3,(H,32,33)(H,34,35)/t13-,14+,16-;12-,13+,15-/m00/s1. The maximum atomic E-state index is 14.7. The van der Waals surface area contributed by atoms with Crippen molar-refractivity contribution in [3.8, 4) is 22.5 Å². The van der Waals surface area contributed by atoms with E-state index >= 15 is 0 Å². The Kier molecular flexibility index (Phi) is 15.9. The molecule has 2 amide bonds. The number of aromatic nitrogens is 4. The minimum absolute atomic E-state index is 0.0408. The number of benzene rings is 2. The van der Waals surface area contributed by atoms with Crippen LogP contribution in [-0.2, 0) is 4.74 Å². The first kappa shape index (κ1) is 51.3. The number of aromatic carboxylic acids is 1. The van der Waals surface area contributed by atoms with E-state index in [4.69, 9.17) is 16.6 Å². The minimum atomic E-state index is -1.54. The molecule has 71 heavy (non-hydrogen) atoms. The topological polar surface area (TPSA) is 225 Å². The quantitative estimate of drug-likeness (QED) is 0.0639. The Labute approximate surface area is 403 Å². The van der Waals surface area contributed by atoms with E-state index < -0.39 is 86.7 Å². The molecular weight excluding hydrogens is 935 g/mol. The van der Waals surface area contributed by atoms with Gasteiger partial charge in [0.2, 0.25) is 0 Å². The first-order chi connectivity index (χ1) is 33.8. The average molecular weight is 983 g/mol. The van der Waals surface area contributed by atoms with Crippen LogP contribution in [0.3, 0.4) is 0 Å². The number of esters is 1. The second-order valence-corrected chi connectivity index (χ2v) is 17.9. The largest absolute Gasteiger partial charge is 0.478 e. The zero-order valence-electron chi connectivity index (χ0n) is 38.5. The molecule has 370 valence electrons. The lowest BCUT2D eigenvalue weighted by atomic mass is 9.76. The molecule has 6 aromatic rings. The van der Waals surface area contributed by atoms with Crippen molar-refractivity contribution in [2.45, 2.75) is 76.3 Å². The second-order valence-electron chi connectivity index (χ2n) is 17.9. The van der Waals surface area contributed by atoms with E-state index in [9.17, 15) is 45.5 Å². The molecule has 2 aliphatic rings. The van der Waals surface area contributed by atoms with Crippen LogP contribution < -0.4 is 22.1 Å². The van der Waals surface area contributed by atoms with Crippen molar-refractivity contribution in [2.75, 3.05) is 17.7 Å². The Morgan fingerprint density at radius 2 is 0.972 bits per heavy atom. The number of carboxylic acids is 1. The Hall–Kier alpha value is -7.58. The minimum Gasteiger partial charge on any atom is -0.478 e. The number of pyridine rings is 4. The van der Waals surface area contributed by atoms with E-state index in [2.05, 4.69) is 49.2 Å². The SMILES string of the molecule is COC(=O)c1cc(F)c(-c2nc(C(=O)Nc3cnccc3[C@@H]3C[C@H](C)C[C@H](N)C3)ccc2F)c(F)c1.C[C@@H]1C[C@H](N)C[C@H](c2ccncc2NC(=O)c2ccc(F)c(-c3c(F)cc(C(=O)O)cc3F)n2)C1. The number of carbonyl (C=O) groups is 4. The van der Waals surface area contributed by atoms with Gasteiger partial charge in [-0.2, -0.15) is 0 Å². The first-order valence-corrected chi connectivity index (χ1v) is 22.5. The van der Waals surface area contributed by atoms with Crippen molar-refractivity contribution in [1.82, 2.24) is 19.9 Å². The molecule has 4 heterocycles. The molecule has 14 nitrogen and oxygen atoms in total. The Morgan fingerprint density at radius 3 is 1.34 bits per heavy atom. The monoisotopic (exact) mass is 982 g/mol. The molecule has 0 bridgehead atoms. The zero-order chi connectivity index (χ0) is 51.3. The summed E-state index contributed by atoms with van der Waals surface area (Å²) in [5, 5.41) is 14.4.